The lowest BCUT2D eigenvalue weighted by atomic mass is 10.2. The van der Waals surface area contributed by atoms with E-state index in [0.29, 0.717) is 5.75 Å². The van der Waals surface area contributed by atoms with E-state index in [1.807, 2.05) is 12.1 Å². The maximum Gasteiger partial charge on any atom is 0.241 e. The Morgan fingerprint density at radius 3 is 3.06 bits per heavy atom. The molecule has 1 fully saturated rings. The summed E-state index contributed by atoms with van der Waals surface area (Å²) in [7, 11) is 1.60. The van der Waals surface area contributed by atoms with Gasteiger partial charge in [-0.05, 0) is 47.4 Å². The summed E-state index contributed by atoms with van der Waals surface area (Å²) in [5.74, 6) is 0.731. The molecular weight excluding hydrogens is 284 g/mol. The Morgan fingerprint density at radius 1 is 1.59 bits per heavy atom. The predicted octanol–water partition coefficient (Wildman–Crippen LogP) is 2.15. The fraction of sp³-hybridized carbons (Fsp3) is 0.417. The SMILES string of the molecule is COc1cc(NC(=O)[C@@H]2CCCN2)ccc1Br. The smallest absolute Gasteiger partial charge is 0.241 e. The minimum atomic E-state index is -0.0651. The van der Waals surface area contributed by atoms with Gasteiger partial charge in [-0.3, -0.25) is 4.79 Å². The summed E-state index contributed by atoms with van der Waals surface area (Å²) in [6.45, 7) is 0.918. The van der Waals surface area contributed by atoms with Crippen LogP contribution < -0.4 is 15.4 Å². The van der Waals surface area contributed by atoms with Gasteiger partial charge >= 0.3 is 0 Å². The molecule has 0 aromatic heterocycles. The molecule has 5 heteroatoms. The number of methoxy groups -OCH3 is 1. The number of benzene rings is 1. The van der Waals surface area contributed by atoms with Crippen LogP contribution in [0.1, 0.15) is 12.8 Å². The van der Waals surface area contributed by atoms with E-state index in [9.17, 15) is 4.79 Å². The van der Waals surface area contributed by atoms with Crippen LogP contribution in [-0.4, -0.2) is 25.6 Å². The fourth-order valence-electron chi connectivity index (χ4n) is 1.88. The number of anilines is 1. The lowest BCUT2D eigenvalue weighted by Gasteiger charge is -2.12. The number of hydrogen-bond donors (Lipinski definition) is 2. The molecule has 17 heavy (non-hydrogen) atoms. The number of ether oxygens (including phenoxy) is 1. The number of rotatable bonds is 3. The van der Waals surface area contributed by atoms with Crippen LogP contribution >= 0.6 is 15.9 Å². The molecule has 0 radical (unpaired) electrons. The number of amides is 1. The maximum atomic E-state index is 11.9. The van der Waals surface area contributed by atoms with E-state index in [0.717, 1.165) is 29.5 Å². The minimum absolute atomic E-state index is 0.0203. The van der Waals surface area contributed by atoms with Gasteiger partial charge in [0, 0.05) is 11.8 Å². The van der Waals surface area contributed by atoms with Gasteiger partial charge in [0.25, 0.3) is 0 Å². The van der Waals surface area contributed by atoms with Crippen LogP contribution in [0.4, 0.5) is 5.69 Å². The second kappa shape index (κ2) is 5.51. The van der Waals surface area contributed by atoms with E-state index < -0.39 is 0 Å². The van der Waals surface area contributed by atoms with Crippen LogP contribution in [0.15, 0.2) is 22.7 Å². The molecule has 0 saturated carbocycles. The Hall–Kier alpha value is -1.07. The van der Waals surface area contributed by atoms with Crippen molar-refractivity contribution < 1.29 is 9.53 Å². The highest BCUT2D eigenvalue weighted by Gasteiger charge is 2.21. The van der Waals surface area contributed by atoms with Crippen molar-refractivity contribution in [3.63, 3.8) is 0 Å². The zero-order valence-corrected chi connectivity index (χ0v) is 11.2. The first-order valence-corrected chi connectivity index (χ1v) is 6.38. The normalized spacial score (nSPS) is 19.1. The largest absolute Gasteiger partial charge is 0.495 e. The molecule has 2 N–H and O–H groups in total. The van der Waals surface area contributed by atoms with Crippen LogP contribution in [0, 0.1) is 0 Å². The lowest BCUT2D eigenvalue weighted by molar-refractivity contribution is -0.117. The van der Waals surface area contributed by atoms with Crippen LogP contribution in [-0.2, 0) is 4.79 Å². The number of nitrogens with one attached hydrogen (secondary N) is 2. The van der Waals surface area contributed by atoms with Crippen molar-refractivity contribution in [2.24, 2.45) is 0 Å². The molecule has 92 valence electrons. The van der Waals surface area contributed by atoms with Crippen LogP contribution in [0.25, 0.3) is 0 Å². The van der Waals surface area contributed by atoms with Crippen molar-refractivity contribution in [3.05, 3.63) is 22.7 Å². The molecule has 0 spiro atoms. The average molecular weight is 299 g/mol. The molecule has 1 aliphatic rings. The Morgan fingerprint density at radius 2 is 2.41 bits per heavy atom. The molecule has 1 heterocycles. The highest BCUT2D eigenvalue weighted by atomic mass is 79.9. The molecule has 2 rings (SSSR count). The molecule has 1 aromatic carbocycles. The first-order chi connectivity index (χ1) is 8.20. The first-order valence-electron chi connectivity index (χ1n) is 5.58. The van der Waals surface area contributed by atoms with Crippen LogP contribution in [0.5, 0.6) is 5.75 Å². The zero-order chi connectivity index (χ0) is 12.3. The molecular formula is C12H15BrN2O2. The molecule has 1 aliphatic heterocycles. The second-order valence-electron chi connectivity index (χ2n) is 3.99. The van der Waals surface area contributed by atoms with E-state index in [1.165, 1.54) is 0 Å². The Labute approximate surface area is 109 Å². The lowest BCUT2D eigenvalue weighted by Crippen LogP contribution is -2.35. The first kappa shape index (κ1) is 12.4. The molecule has 4 nitrogen and oxygen atoms in total. The third kappa shape index (κ3) is 2.98. The van der Waals surface area contributed by atoms with Crippen molar-refractivity contribution in [1.82, 2.24) is 5.32 Å². The Kier molecular flexibility index (Phi) is 4.02. The van der Waals surface area contributed by atoms with Crippen molar-refractivity contribution in [2.45, 2.75) is 18.9 Å². The molecule has 1 aromatic rings. The fourth-order valence-corrected chi connectivity index (χ4v) is 2.28. The Balaban J connectivity index is 2.05. The van der Waals surface area contributed by atoms with Gasteiger partial charge < -0.3 is 15.4 Å². The van der Waals surface area contributed by atoms with Crippen molar-refractivity contribution in [1.29, 1.82) is 0 Å². The quantitative estimate of drug-likeness (QED) is 0.899. The van der Waals surface area contributed by atoms with Gasteiger partial charge in [-0.25, -0.2) is 0 Å². The summed E-state index contributed by atoms with van der Waals surface area (Å²) >= 11 is 3.37. The molecule has 0 bridgehead atoms. The van der Waals surface area contributed by atoms with E-state index in [4.69, 9.17) is 4.74 Å². The van der Waals surface area contributed by atoms with Gasteiger partial charge in [0.05, 0.1) is 17.6 Å². The van der Waals surface area contributed by atoms with E-state index in [2.05, 4.69) is 26.6 Å². The van der Waals surface area contributed by atoms with Crippen LogP contribution in [0.2, 0.25) is 0 Å². The number of halogens is 1. The van der Waals surface area contributed by atoms with Crippen molar-refractivity contribution in [2.75, 3.05) is 19.0 Å². The van der Waals surface area contributed by atoms with Gasteiger partial charge in [0.2, 0.25) is 5.91 Å². The van der Waals surface area contributed by atoms with Crippen molar-refractivity contribution in [3.8, 4) is 5.75 Å². The minimum Gasteiger partial charge on any atom is -0.495 e. The summed E-state index contributed by atoms with van der Waals surface area (Å²) in [4.78, 5) is 11.9. The summed E-state index contributed by atoms with van der Waals surface area (Å²) in [6.07, 6.45) is 1.96. The summed E-state index contributed by atoms with van der Waals surface area (Å²) in [6, 6.07) is 5.44. The third-order valence-electron chi connectivity index (χ3n) is 2.80. The van der Waals surface area contributed by atoms with Gasteiger partial charge in [0.1, 0.15) is 5.75 Å². The highest BCUT2D eigenvalue weighted by Crippen LogP contribution is 2.28. The molecule has 1 saturated heterocycles. The van der Waals surface area contributed by atoms with Crippen molar-refractivity contribution >= 4 is 27.5 Å². The van der Waals surface area contributed by atoms with Gasteiger partial charge in [-0.15, -0.1) is 0 Å². The predicted molar refractivity (Wildman–Crippen MR) is 70.3 cm³/mol. The van der Waals surface area contributed by atoms with Crippen LogP contribution in [0.3, 0.4) is 0 Å². The van der Waals surface area contributed by atoms with Gasteiger partial charge in [0.15, 0.2) is 0 Å². The summed E-state index contributed by atoms with van der Waals surface area (Å²) in [5.41, 5.74) is 0.753. The monoisotopic (exact) mass is 298 g/mol. The van der Waals surface area contributed by atoms with E-state index >= 15 is 0 Å². The second-order valence-corrected chi connectivity index (χ2v) is 4.84. The molecule has 1 atom stereocenters. The maximum absolute atomic E-state index is 11.9. The zero-order valence-electron chi connectivity index (χ0n) is 9.63. The summed E-state index contributed by atoms with van der Waals surface area (Å²) in [5, 5.41) is 6.05. The molecule has 0 aliphatic carbocycles. The summed E-state index contributed by atoms with van der Waals surface area (Å²) < 4.78 is 6.05. The number of hydrogen-bond acceptors (Lipinski definition) is 3. The third-order valence-corrected chi connectivity index (χ3v) is 3.45. The van der Waals surface area contributed by atoms with E-state index in [1.54, 1.807) is 13.2 Å². The number of carbonyl (C=O) groups excluding carboxylic acids is 1. The van der Waals surface area contributed by atoms with Gasteiger partial charge in [-0.2, -0.15) is 0 Å². The van der Waals surface area contributed by atoms with Gasteiger partial charge in [-0.1, -0.05) is 0 Å². The molecule has 1 amide bonds. The molecule has 0 unspecified atom stereocenters. The van der Waals surface area contributed by atoms with E-state index in [-0.39, 0.29) is 11.9 Å². The standard InChI is InChI=1S/C12H15BrN2O2/c1-17-11-7-8(4-5-9(11)13)15-12(16)10-3-2-6-14-10/h4-5,7,10,14H,2-3,6H2,1H3,(H,15,16)/t10-/m0/s1. The Bertz CT molecular complexity index is 417. The average Bonchev–Trinajstić information content (AvgIpc) is 2.85. The topological polar surface area (TPSA) is 50.4 Å². The number of carbonyl (C=O) groups is 1. The highest BCUT2D eigenvalue weighted by molar-refractivity contribution is 9.10.